The van der Waals surface area contributed by atoms with Gasteiger partial charge in [-0.3, -0.25) is 9.89 Å². The first-order valence-electron chi connectivity index (χ1n) is 11.0. The van der Waals surface area contributed by atoms with Crippen LogP contribution in [0, 0.1) is 0 Å². The van der Waals surface area contributed by atoms with Gasteiger partial charge in [-0.2, -0.15) is 0 Å². The summed E-state index contributed by atoms with van der Waals surface area (Å²) in [6.45, 7) is 7.49. The third-order valence-corrected chi connectivity index (χ3v) is 5.94. The SMILES string of the molecule is CN=C(NCc1ccccc1CN1CCOCC1)NC1CCN(c2ccccc2)C1. The molecular formula is C24H33N5O. The lowest BCUT2D eigenvalue weighted by atomic mass is 10.1. The van der Waals surface area contributed by atoms with Gasteiger partial charge in [0.05, 0.1) is 13.2 Å². The second-order valence-electron chi connectivity index (χ2n) is 7.99. The summed E-state index contributed by atoms with van der Waals surface area (Å²) in [7, 11) is 1.85. The number of nitrogens with one attached hydrogen (secondary N) is 2. The van der Waals surface area contributed by atoms with E-state index in [1.165, 1.54) is 16.8 Å². The average molecular weight is 408 g/mol. The summed E-state index contributed by atoms with van der Waals surface area (Å²) in [5, 5.41) is 7.13. The number of hydrogen-bond donors (Lipinski definition) is 2. The van der Waals surface area contributed by atoms with E-state index in [0.717, 1.165) is 64.9 Å². The number of benzene rings is 2. The Bertz CT molecular complexity index is 819. The van der Waals surface area contributed by atoms with Crippen molar-refractivity contribution in [1.29, 1.82) is 0 Å². The van der Waals surface area contributed by atoms with E-state index >= 15 is 0 Å². The fourth-order valence-corrected chi connectivity index (χ4v) is 4.20. The third-order valence-electron chi connectivity index (χ3n) is 5.94. The monoisotopic (exact) mass is 407 g/mol. The molecule has 0 aromatic heterocycles. The number of ether oxygens (including phenoxy) is 1. The van der Waals surface area contributed by atoms with Crippen LogP contribution >= 0.6 is 0 Å². The van der Waals surface area contributed by atoms with Crippen molar-refractivity contribution in [3.63, 3.8) is 0 Å². The van der Waals surface area contributed by atoms with Crippen LogP contribution in [0.2, 0.25) is 0 Å². The molecule has 2 aromatic carbocycles. The largest absolute Gasteiger partial charge is 0.379 e. The molecule has 6 heteroatoms. The number of para-hydroxylation sites is 1. The van der Waals surface area contributed by atoms with Crippen molar-refractivity contribution in [2.24, 2.45) is 4.99 Å². The van der Waals surface area contributed by atoms with Gasteiger partial charge in [0.25, 0.3) is 0 Å². The summed E-state index contributed by atoms with van der Waals surface area (Å²) in [4.78, 5) is 9.36. The van der Waals surface area contributed by atoms with E-state index in [-0.39, 0.29) is 0 Å². The molecule has 4 rings (SSSR count). The van der Waals surface area contributed by atoms with Crippen LogP contribution in [-0.2, 0) is 17.8 Å². The van der Waals surface area contributed by atoms with E-state index in [2.05, 4.69) is 80.0 Å². The summed E-state index contributed by atoms with van der Waals surface area (Å²) in [6, 6.07) is 19.7. The molecule has 2 N–H and O–H groups in total. The second-order valence-corrected chi connectivity index (χ2v) is 7.99. The minimum atomic E-state index is 0.403. The van der Waals surface area contributed by atoms with Gasteiger partial charge in [-0.15, -0.1) is 0 Å². The van der Waals surface area contributed by atoms with Crippen molar-refractivity contribution >= 4 is 11.6 Å². The zero-order valence-corrected chi connectivity index (χ0v) is 17.9. The Balaban J connectivity index is 1.30. The second kappa shape index (κ2) is 10.5. The normalized spacial score (nSPS) is 20.4. The Kier molecular flexibility index (Phi) is 7.21. The van der Waals surface area contributed by atoms with E-state index in [1.807, 2.05) is 7.05 Å². The minimum Gasteiger partial charge on any atom is -0.379 e. The molecule has 6 nitrogen and oxygen atoms in total. The first-order chi connectivity index (χ1) is 14.8. The van der Waals surface area contributed by atoms with Crippen LogP contribution in [0.25, 0.3) is 0 Å². The lowest BCUT2D eigenvalue weighted by Gasteiger charge is -2.27. The summed E-state index contributed by atoms with van der Waals surface area (Å²) < 4.78 is 5.48. The van der Waals surface area contributed by atoms with Crippen molar-refractivity contribution in [1.82, 2.24) is 15.5 Å². The quantitative estimate of drug-likeness (QED) is 0.569. The summed E-state index contributed by atoms with van der Waals surface area (Å²) in [6.07, 6.45) is 1.11. The van der Waals surface area contributed by atoms with Gasteiger partial charge >= 0.3 is 0 Å². The van der Waals surface area contributed by atoms with Gasteiger partial charge in [-0.05, 0) is 29.7 Å². The smallest absolute Gasteiger partial charge is 0.191 e. The summed E-state index contributed by atoms with van der Waals surface area (Å²) in [5.74, 6) is 0.871. The Morgan fingerprint density at radius 1 is 1.00 bits per heavy atom. The van der Waals surface area contributed by atoms with E-state index in [4.69, 9.17) is 4.74 Å². The zero-order valence-electron chi connectivity index (χ0n) is 17.9. The lowest BCUT2D eigenvalue weighted by molar-refractivity contribution is 0.0341. The topological polar surface area (TPSA) is 52.1 Å². The standard InChI is InChI=1S/C24H33N5O/c1-25-24(27-22-11-12-29(19-22)23-9-3-2-4-10-23)26-17-20-7-5-6-8-21(20)18-28-13-15-30-16-14-28/h2-10,22H,11-19H2,1H3,(H2,25,26,27). The summed E-state index contributed by atoms with van der Waals surface area (Å²) >= 11 is 0. The van der Waals surface area contributed by atoms with Gasteiger partial charge < -0.3 is 20.3 Å². The highest BCUT2D eigenvalue weighted by atomic mass is 16.5. The highest BCUT2D eigenvalue weighted by Gasteiger charge is 2.23. The number of aliphatic imine (C=N–C) groups is 1. The van der Waals surface area contributed by atoms with Crippen LogP contribution < -0.4 is 15.5 Å². The van der Waals surface area contributed by atoms with Crippen LogP contribution in [0.15, 0.2) is 59.6 Å². The van der Waals surface area contributed by atoms with Crippen LogP contribution in [0.5, 0.6) is 0 Å². The van der Waals surface area contributed by atoms with Crippen molar-refractivity contribution in [2.45, 2.75) is 25.6 Å². The predicted molar refractivity (Wildman–Crippen MR) is 123 cm³/mol. The molecule has 0 aliphatic carbocycles. The highest BCUT2D eigenvalue weighted by molar-refractivity contribution is 5.80. The number of morpholine rings is 1. The Labute approximate surface area is 179 Å². The molecule has 1 atom stereocenters. The molecule has 2 fully saturated rings. The molecule has 2 heterocycles. The number of hydrogen-bond acceptors (Lipinski definition) is 4. The maximum absolute atomic E-state index is 5.48. The Hall–Kier alpha value is -2.57. The van der Waals surface area contributed by atoms with E-state index < -0.39 is 0 Å². The van der Waals surface area contributed by atoms with Crippen molar-refractivity contribution < 1.29 is 4.74 Å². The molecule has 0 amide bonds. The zero-order chi connectivity index (χ0) is 20.6. The van der Waals surface area contributed by atoms with Crippen LogP contribution in [0.4, 0.5) is 5.69 Å². The molecule has 1 unspecified atom stereocenters. The van der Waals surface area contributed by atoms with Crippen molar-refractivity contribution in [3.05, 3.63) is 65.7 Å². The molecule has 2 aromatic rings. The molecule has 2 aliphatic rings. The molecule has 30 heavy (non-hydrogen) atoms. The van der Waals surface area contributed by atoms with E-state index in [1.54, 1.807) is 0 Å². The van der Waals surface area contributed by atoms with Gasteiger partial charge in [-0.1, -0.05) is 42.5 Å². The fraction of sp³-hybridized carbons (Fsp3) is 0.458. The van der Waals surface area contributed by atoms with Gasteiger partial charge in [0.15, 0.2) is 5.96 Å². The minimum absolute atomic E-state index is 0.403. The van der Waals surface area contributed by atoms with Gasteiger partial charge in [0, 0.05) is 58.0 Å². The van der Waals surface area contributed by atoms with Crippen molar-refractivity contribution in [2.75, 3.05) is 51.3 Å². The number of anilines is 1. The first-order valence-corrected chi connectivity index (χ1v) is 11.0. The number of guanidine groups is 1. The van der Waals surface area contributed by atoms with Crippen LogP contribution in [0.3, 0.4) is 0 Å². The molecule has 0 bridgehead atoms. The average Bonchev–Trinajstić information content (AvgIpc) is 3.27. The Morgan fingerprint density at radius 2 is 1.73 bits per heavy atom. The van der Waals surface area contributed by atoms with E-state index in [0.29, 0.717) is 6.04 Å². The van der Waals surface area contributed by atoms with Crippen LogP contribution in [0.1, 0.15) is 17.5 Å². The predicted octanol–water partition coefficient (Wildman–Crippen LogP) is 2.46. The van der Waals surface area contributed by atoms with Gasteiger partial charge in [0.2, 0.25) is 0 Å². The molecule has 2 saturated heterocycles. The molecule has 160 valence electrons. The molecule has 0 spiro atoms. The molecular weight excluding hydrogens is 374 g/mol. The van der Waals surface area contributed by atoms with Crippen molar-refractivity contribution in [3.8, 4) is 0 Å². The van der Waals surface area contributed by atoms with E-state index in [9.17, 15) is 0 Å². The fourth-order valence-electron chi connectivity index (χ4n) is 4.20. The highest BCUT2D eigenvalue weighted by Crippen LogP contribution is 2.19. The number of nitrogens with zero attached hydrogens (tertiary/aromatic N) is 3. The summed E-state index contributed by atoms with van der Waals surface area (Å²) in [5.41, 5.74) is 3.99. The maximum Gasteiger partial charge on any atom is 0.191 e. The first kappa shape index (κ1) is 20.7. The van der Waals surface area contributed by atoms with Gasteiger partial charge in [0.1, 0.15) is 0 Å². The van der Waals surface area contributed by atoms with Crippen LogP contribution in [-0.4, -0.2) is 63.3 Å². The Morgan fingerprint density at radius 3 is 2.50 bits per heavy atom. The molecule has 2 aliphatic heterocycles. The number of rotatable bonds is 6. The van der Waals surface area contributed by atoms with Gasteiger partial charge in [-0.25, -0.2) is 0 Å². The lowest BCUT2D eigenvalue weighted by Crippen LogP contribution is -2.44. The molecule has 0 radical (unpaired) electrons. The third kappa shape index (κ3) is 5.52. The molecule has 0 saturated carbocycles. The maximum atomic E-state index is 5.48.